The molecule has 0 amide bonds. The van der Waals surface area contributed by atoms with Crippen molar-refractivity contribution in [2.75, 3.05) is 0 Å². The fourth-order valence-corrected chi connectivity index (χ4v) is 3.05. The molecule has 8 heteroatoms. The molecule has 0 fully saturated rings. The van der Waals surface area contributed by atoms with E-state index in [1.54, 1.807) is 43.3 Å². The molecule has 0 aliphatic heterocycles. The van der Waals surface area contributed by atoms with Gasteiger partial charge in [0.15, 0.2) is 0 Å². The van der Waals surface area contributed by atoms with Crippen molar-refractivity contribution in [2.45, 2.75) is 19.1 Å². The van der Waals surface area contributed by atoms with Gasteiger partial charge in [-0.05, 0) is 37.3 Å². The molecular weight excluding hydrogens is 385 g/mol. The Labute approximate surface area is 159 Å². The summed E-state index contributed by atoms with van der Waals surface area (Å²) in [5.74, 6) is 0.957. The molecule has 0 aliphatic carbocycles. The van der Waals surface area contributed by atoms with E-state index in [2.05, 4.69) is 10.1 Å². The number of aromatic nitrogens is 3. The first-order chi connectivity index (χ1) is 11.8. The molecule has 1 N–H and O–H groups in total. The molecule has 0 bridgehead atoms. The Bertz CT molecular complexity index is 866. The molecule has 0 radical (unpaired) electrons. The average Bonchev–Trinajstić information content (AvgIpc) is 3.04. The quantitative estimate of drug-likeness (QED) is 0.661. The van der Waals surface area contributed by atoms with Gasteiger partial charge in [-0.15, -0.1) is 0 Å². The predicted molar refractivity (Wildman–Crippen MR) is 97.6 cm³/mol. The van der Waals surface area contributed by atoms with Crippen molar-refractivity contribution in [1.82, 2.24) is 14.8 Å². The number of aliphatic hydroxyl groups is 1. The van der Waals surface area contributed by atoms with Crippen molar-refractivity contribution in [3.8, 4) is 11.5 Å². The molecule has 0 spiro atoms. The van der Waals surface area contributed by atoms with Gasteiger partial charge in [0.1, 0.15) is 29.8 Å². The minimum absolute atomic E-state index is 0.181. The normalized spacial score (nSPS) is 13.5. The lowest BCUT2D eigenvalue weighted by Crippen LogP contribution is -2.28. The standard InChI is InChI=1S/C17H14Cl3N3O2/c1-17(24,8-23-10-21-9-22-23)13-6-15(20)16(7-14(13)19)25-12-4-2-11(18)3-5-12/h2-7,9-10,24H,8H2,1H3. The number of hydrogen-bond acceptors (Lipinski definition) is 4. The van der Waals surface area contributed by atoms with Crippen molar-refractivity contribution < 1.29 is 9.84 Å². The van der Waals surface area contributed by atoms with Crippen molar-refractivity contribution in [3.05, 3.63) is 69.7 Å². The first-order valence-corrected chi connectivity index (χ1v) is 8.46. The summed E-state index contributed by atoms with van der Waals surface area (Å²) in [5, 5.41) is 16.0. The minimum Gasteiger partial charge on any atom is -0.456 e. The molecule has 1 atom stereocenters. The Balaban J connectivity index is 1.87. The molecule has 2 aromatic carbocycles. The zero-order valence-electron chi connectivity index (χ0n) is 13.2. The largest absolute Gasteiger partial charge is 0.456 e. The fourth-order valence-electron chi connectivity index (χ4n) is 2.36. The van der Waals surface area contributed by atoms with Crippen LogP contribution in [0.2, 0.25) is 15.1 Å². The Hall–Kier alpha value is -1.79. The molecule has 3 rings (SSSR count). The van der Waals surface area contributed by atoms with E-state index in [9.17, 15) is 5.11 Å². The average molecular weight is 399 g/mol. The van der Waals surface area contributed by atoms with E-state index < -0.39 is 5.60 Å². The van der Waals surface area contributed by atoms with Gasteiger partial charge in [0.25, 0.3) is 0 Å². The topological polar surface area (TPSA) is 60.2 Å². The highest BCUT2D eigenvalue weighted by molar-refractivity contribution is 6.34. The van der Waals surface area contributed by atoms with Crippen LogP contribution in [0.1, 0.15) is 12.5 Å². The van der Waals surface area contributed by atoms with Crippen LogP contribution in [0.25, 0.3) is 0 Å². The Kier molecular flexibility index (Phi) is 5.20. The van der Waals surface area contributed by atoms with Gasteiger partial charge >= 0.3 is 0 Å². The van der Waals surface area contributed by atoms with Gasteiger partial charge in [-0.3, -0.25) is 0 Å². The Morgan fingerprint density at radius 1 is 1.12 bits per heavy atom. The first kappa shape index (κ1) is 18.0. The maximum atomic E-state index is 10.8. The molecule has 1 aromatic heterocycles. The number of rotatable bonds is 5. The smallest absolute Gasteiger partial charge is 0.147 e. The lowest BCUT2D eigenvalue weighted by atomic mass is 9.96. The summed E-state index contributed by atoms with van der Waals surface area (Å²) in [5.41, 5.74) is -0.814. The summed E-state index contributed by atoms with van der Waals surface area (Å²) in [7, 11) is 0. The first-order valence-electron chi connectivity index (χ1n) is 7.33. The van der Waals surface area contributed by atoms with Crippen molar-refractivity contribution in [1.29, 1.82) is 0 Å². The number of halogens is 3. The second-order valence-corrected chi connectivity index (χ2v) is 6.94. The van der Waals surface area contributed by atoms with E-state index in [0.29, 0.717) is 32.1 Å². The number of hydrogen-bond donors (Lipinski definition) is 1. The van der Waals surface area contributed by atoms with Gasteiger partial charge in [-0.25, -0.2) is 9.67 Å². The van der Waals surface area contributed by atoms with Crippen LogP contribution in [0.15, 0.2) is 49.1 Å². The third-order valence-corrected chi connectivity index (χ3v) is 4.44. The summed E-state index contributed by atoms with van der Waals surface area (Å²) >= 11 is 18.5. The van der Waals surface area contributed by atoms with Crippen LogP contribution in [0.5, 0.6) is 11.5 Å². The third-order valence-electron chi connectivity index (χ3n) is 3.58. The Morgan fingerprint density at radius 3 is 2.48 bits per heavy atom. The maximum absolute atomic E-state index is 10.8. The highest BCUT2D eigenvalue weighted by Gasteiger charge is 2.28. The Morgan fingerprint density at radius 2 is 1.84 bits per heavy atom. The lowest BCUT2D eigenvalue weighted by Gasteiger charge is -2.25. The van der Waals surface area contributed by atoms with Crippen molar-refractivity contribution in [3.63, 3.8) is 0 Å². The molecule has 3 aromatic rings. The predicted octanol–water partition coefficient (Wildman–Crippen LogP) is 4.94. The van der Waals surface area contributed by atoms with Crippen LogP contribution < -0.4 is 4.74 Å². The summed E-state index contributed by atoms with van der Waals surface area (Å²) < 4.78 is 7.25. The van der Waals surface area contributed by atoms with Gasteiger partial charge < -0.3 is 9.84 Å². The van der Waals surface area contributed by atoms with E-state index in [1.165, 1.54) is 17.3 Å². The molecule has 5 nitrogen and oxygen atoms in total. The van der Waals surface area contributed by atoms with Crippen LogP contribution in [-0.4, -0.2) is 19.9 Å². The van der Waals surface area contributed by atoms with Crippen LogP contribution in [0.3, 0.4) is 0 Å². The number of nitrogens with zero attached hydrogens (tertiary/aromatic N) is 3. The molecule has 130 valence electrons. The van der Waals surface area contributed by atoms with Crippen molar-refractivity contribution >= 4 is 34.8 Å². The fraction of sp³-hybridized carbons (Fsp3) is 0.176. The molecule has 25 heavy (non-hydrogen) atoms. The second kappa shape index (κ2) is 7.22. The van der Waals surface area contributed by atoms with E-state index >= 15 is 0 Å². The van der Waals surface area contributed by atoms with Crippen LogP contribution in [0, 0.1) is 0 Å². The van der Waals surface area contributed by atoms with Crippen molar-refractivity contribution in [2.24, 2.45) is 0 Å². The summed E-state index contributed by atoms with van der Waals surface area (Å²) in [6.45, 7) is 1.81. The SMILES string of the molecule is CC(O)(Cn1cncn1)c1cc(Cl)c(Oc2ccc(Cl)cc2)cc1Cl. The van der Waals surface area contributed by atoms with Gasteiger partial charge in [-0.1, -0.05) is 34.8 Å². The van der Waals surface area contributed by atoms with Gasteiger partial charge in [-0.2, -0.15) is 5.10 Å². The second-order valence-electron chi connectivity index (χ2n) is 5.69. The number of ether oxygens (including phenoxy) is 1. The zero-order chi connectivity index (χ0) is 18.0. The van der Waals surface area contributed by atoms with Crippen LogP contribution in [0.4, 0.5) is 0 Å². The van der Waals surface area contributed by atoms with Gasteiger partial charge in [0.2, 0.25) is 0 Å². The van der Waals surface area contributed by atoms with E-state index in [4.69, 9.17) is 39.5 Å². The highest BCUT2D eigenvalue weighted by atomic mass is 35.5. The van der Waals surface area contributed by atoms with Crippen LogP contribution >= 0.6 is 34.8 Å². The summed E-state index contributed by atoms with van der Waals surface area (Å²) in [6, 6.07) is 10.0. The molecule has 0 saturated carbocycles. The molecule has 1 unspecified atom stereocenters. The van der Waals surface area contributed by atoms with Gasteiger partial charge in [0.05, 0.1) is 16.6 Å². The monoisotopic (exact) mass is 397 g/mol. The third kappa shape index (κ3) is 4.25. The number of benzene rings is 2. The minimum atomic E-state index is -1.28. The molecule has 0 saturated heterocycles. The molecular formula is C17H14Cl3N3O2. The van der Waals surface area contributed by atoms with Gasteiger partial charge in [0, 0.05) is 16.7 Å². The summed E-state index contributed by atoms with van der Waals surface area (Å²) in [4.78, 5) is 3.86. The molecule has 1 heterocycles. The van der Waals surface area contributed by atoms with E-state index in [-0.39, 0.29) is 6.54 Å². The van der Waals surface area contributed by atoms with E-state index in [1.807, 2.05) is 0 Å². The lowest BCUT2D eigenvalue weighted by molar-refractivity contribution is 0.0346. The zero-order valence-corrected chi connectivity index (χ0v) is 15.4. The van der Waals surface area contributed by atoms with E-state index in [0.717, 1.165) is 0 Å². The highest BCUT2D eigenvalue weighted by Crippen LogP contribution is 2.39. The summed E-state index contributed by atoms with van der Waals surface area (Å²) in [6.07, 6.45) is 2.91. The maximum Gasteiger partial charge on any atom is 0.147 e. The van der Waals surface area contributed by atoms with Crippen LogP contribution in [-0.2, 0) is 12.1 Å². The molecule has 0 aliphatic rings.